The highest BCUT2D eigenvalue weighted by molar-refractivity contribution is 6.13. The van der Waals surface area contributed by atoms with E-state index < -0.39 is 5.91 Å². The number of fused-ring (bicyclic) bond motifs is 2. The molecule has 33 heavy (non-hydrogen) atoms. The van der Waals surface area contributed by atoms with Crippen LogP contribution < -0.4 is 15.5 Å². The second-order valence-corrected chi connectivity index (χ2v) is 7.58. The molecule has 2 N–H and O–H groups in total. The van der Waals surface area contributed by atoms with Crippen LogP contribution >= 0.6 is 0 Å². The maximum absolute atomic E-state index is 12.3. The Morgan fingerprint density at radius 2 is 1.55 bits per heavy atom. The Morgan fingerprint density at radius 3 is 2.18 bits per heavy atom. The van der Waals surface area contributed by atoms with E-state index in [9.17, 15) is 9.59 Å². The van der Waals surface area contributed by atoms with Crippen molar-refractivity contribution in [3.8, 4) is 5.75 Å². The van der Waals surface area contributed by atoms with E-state index in [0.717, 1.165) is 33.5 Å². The van der Waals surface area contributed by atoms with E-state index >= 15 is 0 Å². The molecule has 0 saturated heterocycles. The Balaban J connectivity index is 1.38. The van der Waals surface area contributed by atoms with Gasteiger partial charge in [0.25, 0.3) is 11.8 Å². The molecule has 0 atom stereocenters. The zero-order chi connectivity index (χ0) is 23.0. The molecule has 0 fully saturated rings. The van der Waals surface area contributed by atoms with Crippen LogP contribution in [0.1, 0.15) is 29.3 Å². The summed E-state index contributed by atoms with van der Waals surface area (Å²) in [7, 11) is 0. The number of carbonyl (C=O) groups excluding carboxylic acids is 2. The molecular formula is C27H25N3O3. The first-order valence-electron chi connectivity index (χ1n) is 10.9. The monoisotopic (exact) mass is 439 g/mol. The summed E-state index contributed by atoms with van der Waals surface area (Å²) >= 11 is 0. The predicted molar refractivity (Wildman–Crippen MR) is 132 cm³/mol. The highest BCUT2D eigenvalue weighted by Gasteiger charge is 2.09. The first-order chi connectivity index (χ1) is 16.2. The summed E-state index contributed by atoms with van der Waals surface area (Å²) < 4.78 is 5.51. The molecular weight excluding hydrogens is 414 g/mol. The molecule has 0 spiro atoms. The molecule has 4 rings (SSSR count). The molecule has 0 heterocycles. The summed E-state index contributed by atoms with van der Waals surface area (Å²) in [6.07, 6.45) is 2.57. The number of rotatable bonds is 8. The molecule has 6 nitrogen and oxygen atoms in total. The molecule has 0 aliphatic rings. The molecule has 0 radical (unpaired) electrons. The van der Waals surface area contributed by atoms with Crippen LogP contribution in [0, 0.1) is 0 Å². The Labute approximate surface area is 192 Å². The fraction of sp³-hybridized carbons (Fsp3) is 0.148. The van der Waals surface area contributed by atoms with Crippen molar-refractivity contribution in [1.82, 2.24) is 10.7 Å². The van der Waals surface area contributed by atoms with Gasteiger partial charge >= 0.3 is 0 Å². The second-order valence-electron chi connectivity index (χ2n) is 7.58. The lowest BCUT2D eigenvalue weighted by Gasteiger charge is -2.08. The standard InChI is InChI=1S/C27H25N3O3/c1-2-15-33-22-13-11-19(12-14-22)27(32)28-18-26(31)30-29-17-25-23-9-5-3-7-20(23)16-21-8-4-6-10-24(21)25/h3-14,16-17H,2,15,18H2,1H3,(H,28,32)(H,30,31). The van der Waals surface area contributed by atoms with Crippen LogP contribution in [0.25, 0.3) is 21.5 Å². The number of hydrogen-bond donors (Lipinski definition) is 2. The normalized spacial score (nSPS) is 11.1. The summed E-state index contributed by atoms with van der Waals surface area (Å²) in [4.78, 5) is 24.5. The summed E-state index contributed by atoms with van der Waals surface area (Å²) in [6, 6.07) is 25.1. The second kappa shape index (κ2) is 10.4. The Hall–Kier alpha value is -4.19. The van der Waals surface area contributed by atoms with Crippen LogP contribution in [0.3, 0.4) is 0 Å². The number of benzene rings is 4. The predicted octanol–water partition coefficient (Wildman–Crippen LogP) is 4.66. The Morgan fingerprint density at radius 1 is 0.909 bits per heavy atom. The highest BCUT2D eigenvalue weighted by atomic mass is 16.5. The fourth-order valence-electron chi connectivity index (χ4n) is 3.58. The zero-order valence-corrected chi connectivity index (χ0v) is 18.4. The van der Waals surface area contributed by atoms with Crippen LogP contribution in [0.4, 0.5) is 0 Å². The van der Waals surface area contributed by atoms with E-state index in [1.807, 2.05) is 43.3 Å². The van der Waals surface area contributed by atoms with E-state index in [1.165, 1.54) is 0 Å². The Bertz CT molecular complexity index is 1260. The van der Waals surface area contributed by atoms with Gasteiger partial charge in [0.2, 0.25) is 0 Å². The molecule has 2 amide bonds. The lowest BCUT2D eigenvalue weighted by molar-refractivity contribution is -0.120. The third kappa shape index (κ3) is 5.36. The van der Waals surface area contributed by atoms with Crippen LogP contribution in [0.15, 0.2) is 84.0 Å². The summed E-state index contributed by atoms with van der Waals surface area (Å²) in [6.45, 7) is 2.47. The van der Waals surface area contributed by atoms with Crippen LogP contribution in [0.5, 0.6) is 5.75 Å². The van der Waals surface area contributed by atoms with Crippen molar-refractivity contribution < 1.29 is 14.3 Å². The molecule has 0 aromatic heterocycles. The van der Waals surface area contributed by atoms with Crippen molar-refractivity contribution in [2.24, 2.45) is 5.10 Å². The van der Waals surface area contributed by atoms with Crippen LogP contribution in [-0.2, 0) is 4.79 Å². The minimum atomic E-state index is -0.410. The van der Waals surface area contributed by atoms with Gasteiger partial charge in [-0.15, -0.1) is 0 Å². The number of nitrogens with zero attached hydrogens (tertiary/aromatic N) is 1. The van der Waals surface area contributed by atoms with E-state index in [4.69, 9.17) is 4.74 Å². The topological polar surface area (TPSA) is 79.8 Å². The number of ether oxygens (including phenoxy) is 1. The van der Waals surface area contributed by atoms with Gasteiger partial charge in [0.15, 0.2) is 0 Å². The largest absolute Gasteiger partial charge is 0.494 e. The summed E-state index contributed by atoms with van der Waals surface area (Å²) in [5, 5.41) is 11.0. The van der Waals surface area contributed by atoms with Crippen molar-refractivity contribution >= 4 is 39.6 Å². The van der Waals surface area contributed by atoms with Gasteiger partial charge in [-0.1, -0.05) is 55.5 Å². The molecule has 0 aliphatic carbocycles. The minimum absolute atomic E-state index is 0.180. The first-order valence-corrected chi connectivity index (χ1v) is 10.9. The van der Waals surface area contributed by atoms with Crippen molar-refractivity contribution in [2.75, 3.05) is 13.2 Å². The van der Waals surface area contributed by atoms with Gasteiger partial charge in [-0.05, 0) is 58.3 Å². The highest BCUT2D eigenvalue weighted by Crippen LogP contribution is 2.27. The number of nitrogens with one attached hydrogen (secondary N) is 2. The number of hydrogen-bond acceptors (Lipinski definition) is 4. The van der Waals surface area contributed by atoms with Gasteiger partial charge in [-0.2, -0.15) is 5.10 Å². The summed E-state index contributed by atoms with van der Waals surface area (Å²) in [5.41, 5.74) is 3.88. The smallest absolute Gasteiger partial charge is 0.259 e. The quantitative estimate of drug-likeness (QED) is 0.238. The van der Waals surface area contributed by atoms with Crippen molar-refractivity contribution in [2.45, 2.75) is 13.3 Å². The SMILES string of the molecule is CCCOc1ccc(C(=O)NCC(=O)NN=Cc2c3ccccc3cc3ccccc23)cc1. The molecule has 0 aliphatic heterocycles. The molecule has 4 aromatic rings. The van der Waals surface area contributed by atoms with E-state index in [0.29, 0.717) is 17.9 Å². The van der Waals surface area contributed by atoms with Crippen molar-refractivity contribution in [1.29, 1.82) is 0 Å². The first kappa shape index (κ1) is 22.0. The van der Waals surface area contributed by atoms with Crippen molar-refractivity contribution in [3.63, 3.8) is 0 Å². The van der Waals surface area contributed by atoms with Crippen LogP contribution in [0.2, 0.25) is 0 Å². The van der Waals surface area contributed by atoms with Gasteiger partial charge < -0.3 is 10.1 Å². The van der Waals surface area contributed by atoms with Gasteiger partial charge in [-0.3, -0.25) is 9.59 Å². The zero-order valence-electron chi connectivity index (χ0n) is 18.4. The fourth-order valence-corrected chi connectivity index (χ4v) is 3.58. The molecule has 166 valence electrons. The van der Waals surface area contributed by atoms with Gasteiger partial charge in [0.05, 0.1) is 19.4 Å². The Kier molecular flexibility index (Phi) is 6.95. The number of carbonyl (C=O) groups is 2. The number of amides is 2. The third-order valence-electron chi connectivity index (χ3n) is 5.19. The maximum atomic E-state index is 12.3. The van der Waals surface area contributed by atoms with Crippen LogP contribution in [-0.4, -0.2) is 31.2 Å². The maximum Gasteiger partial charge on any atom is 0.259 e. The lowest BCUT2D eigenvalue weighted by Crippen LogP contribution is -2.34. The molecule has 0 unspecified atom stereocenters. The molecule has 6 heteroatoms. The lowest BCUT2D eigenvalue weighted by atomic mass is 9.97. The minimum Gasteiger partial charge on any atom is -0.494 e. The molecule has 0 bridgehead atoms. The molecule has 0 saturated carbocycles. The van der Waals surface area contributed by atoms with Gasteiger partial charge in [0, 0.05) is 11.1 Å². The van der Waals surface area contributed by atoms with E-state index in [-0.39, 0.29) is 12.5 Å². The van der Waals surface area contributed by atoms with Gasteiger partial charge in [-0.25, -0.2) is 5.43 Å². The summed E-state index contributed by atoms with van der Waals surface area (Å²) in [5.74, 6) is -0.0373. The number of hydrazone groups is 1. The average molecular weight is 440 g/mol. The molecule has 4 aromatic carbocycles. The van der Waals surface area contributed by atoms with Crippen molar-refractivity contribution in [3.05, 3.63) is 90.0 Å². The van der Waals surface area contributed by atoms with E-state index in [1.54, 1.807) is 30.5 Å². The van der Waals surface area contributed by atoms with Gasteiger partial charge in [0.1, 0.15) is 5.75 Å². The third-order valence-corrected chi connectivity index (χ3v) is 5.19. The average Bonchev–Trinajstić information content (AvgIpc) is 2.86. The van der Waals surface area contributed by atoms with E-state index in [2.05, 4.69) is 34.0 Å².